The fraction of sp³-hybridized carbons (Fsp3) is 0.350. The molecule has 1 aromatic carbocycles. The molecule has 10 heteroatoms. The normalized spacial score (nSPS) is 23.7. The standard InChI is InChI=1S/C20H18ClFN4O4/c21-12-2-1-11(5-13(12)22)30-7-15(28)26-20-8-19(9-20,10-20)6-14(27)16-17(18(23)29)25-4-3-24-16/h1-5H,6-10H2,(H2,23,29)(H,26,28). The number of carbonyl (C=O) groups excluding carboxylic acids is 3. The number of carbonyl (C=O) groups is 3. The summed E-state index contributed by atoms with van der Waals surface area (Å²) in [5, 5.41) is 2.90. The number of aromatic nitrogens is 2. The van der Waals surface area contributed by atoms with Crippen molar-refractivity contribution in [2.75, 3.05) is 6.61 Å². The van der Waals surface area contributed by atoms with Crippen LogP contribution in [-0.4, -0.2) is 39.7 Å². The van der Waals surface area contributed by atoms with Crippen LogP contribution in [0.25, 0.3) is 0 Å². The average Bonchev–Trinajstić information content (AvgIpc) is 2.66. The number of rotatable bonds is 8. The number of hydrogen-bond acceptors (Lipinski definition) is 6. The molecule has 3 fully saturated rings. The lowest BCUT2D eigenvalue weighted by molar-refractivity contribution is -0.164. The minimum Gasteiger partial charge on any atom is -0.484 e. The Kier molecular flexibility index (Phi) is 4.93. The van der Waals surface area contributed by atoms with Gasteiger partial charge in [0.1, 0.15) is 17.3 Å². The van der Waals surface area contributed by atoms with Gasteiger partial charge in [-0.25, -0.2) is 14.4 Å². The Morgan fingerprint density at radius 1 is 1.17 bits per heavy atom. The van der Waals surface area contributed by atoms with Crippen LogP contribution in [0.5, 0.6) is 5.75 Å². The van der Waals surface area contributed by atoms with Crippen molar-refractivity contribution in [1.82, 2.24) is 15.3 Å². The molecular weight excluding hydrogens is 415 g/mol. The number of hydrogen-bond donors (Lipinski definition) is 2. The van der Waals surface area contributed by atoms with Crippen LogP contribution >= 0.6 is 11.6 Å². The summed E-state index contributed by atoms with van der Waals surface area (Å²) in [7, 11) is 0. The Morgan fingerprint density at radius 3 is 2.47 bits per heavy atom. The fourth-order valence-electron chi connectivity index (χ4n) is 4.51. The topological polar surface area (TPSA) is 124 Å². The Labute approximate surface area is 176 Å². The van der Waals surface area contributed by atoms with Crippen molar-refractivity contribution in [2.45, 2.75) is 31.2 Å². The van der Waals surface area contributed by atoms with E-state index < -0.39 is 11.7 Å². The molecule has 156 valence electrons. The molecule has 2 amide bonds. The summed E-state index contributed by atoms with van der Waals surface area (Å²) < 4.78 is 18.7. The molecule has 2 aromatic rings. The van der Waals surface area contributed by atoms with E-state index in [-0.39, 0.29) is 57.8 Å². The summed E-state index contributed by atoms with van der Waals surface area (Å²) in [5.74, 6) is -1.82. The van der Waals surface area contributed by atoms with Gasteiger partial charge in [0.25, 0.3) is 11.8 Å². The third-order valence-electron chi connectivity index (χ3n) is 5.54. The van der Waals surface area contributed by atoms with Gasteiger partial charge < -0.3 is 15.8 Å². The molecule has 3 aliphatic rings. The van der Waals surface area contributed by atoms with Crippen LogP contribution in [0.4, 0.5) is 4.39 Å². The molecular formula is C20H18ClFN4O4. The number of amides is 2. The number of nitrogens with two attached hydrogens (primary N) is 1. The number of ether oxygens (including phenoxy) is 1. The minimum absolute atomic E-state index is 0.0172. The first-order chi connectivity index (χ1) is 14.2. The van der Waals surface area contributed by atoms with Gasteiger partial charge in [-0.1, -0.05) is 11.6 Å². The van der Waals surface area contributed by atoms with Crippen molar-refractivity contribution in [3.05, 3.63) is 52.8 Å². The number of primary amides is 1. The second kappa shape index (κ2) is 7.32. The van der Waals surface area contributed by atoms with Gasteiger partial charge in [0.15, 0.2) is 18.1 Å². The summed E-state index contributed by atoms with van der Waals surface area (Å²) in [6.45, 7) is -0.254. The van der Waals surface area contributed by atoms with Gasteiger partial charge in [-0.3, -0.25) is 14.4 Å². The summed E-state index contributed by atoms with van der Waals surface area (Å²) >= 11 is 5.61. The molecule has 5 rings (SSSR count). The molecule has 1 heterocycles. The first kappa shape index (κ1) is 20.2. The first-order valence-electron chi connectivity index (χ1n) is 9.24. The fourth-order valence-corrected chi connectivity index (χ4v) is 4.63. The van der Waals surface area contributed by atoms with Gasteiger partial charge >= 0.3 is 0 Å². The zero-order valence-electron chi connectivity index (χ0n) is 15.8. The highest BCUT2D eigenvalue weighted by molar-refractivity contribution is 6.30. The number of ketones is 1. The predicted octanol–water partition coefficient (Wildman–Crippen LogP) is 2.06. The summed E-state index contributed by atoms with van der Waals surface area (Å²) in [4.78, 5) is 44.0. The van der Waals surface area contributed by atoms with E-state index in [1.807, 2.05) is 0 Å². The van der Waals surface area contributed by atoms with Gasteiger partial charge in [-0.2, -0.15) is 0 Å². The second-order valence-corrected chi connectivity index (χ2v) is 8.35. The number of halogens is 2. The molecule has 3 N–H and O–H groups in total. The van der Waals surface area contributed by atoms with Crippen LogP contribution in [0.3, 0.4) is 0 Å². The maximum atomic E-state index is 13.4. The quantitative estimate of drug-likeness (QED) is 0.615. The maximum Gasteiger partial charge on any atom is 0.269 e. The molecule has 30 heavy (non-hydrogen) atoms. The molecule has 0 saturated heterocycles. The van der Waals surface area contributed by atoms with Crippen molar-refractivity contribution in [2.24, 2.45) is 11.1 Å². The van der Waals surface area contributed by atoms with Crippen LogP contribution in [0, 0.1) is 11.2 Å². The number of nitrogens with one attached hydrogen (secondary N) is 1. The smallest absolute Gasteiger partial charge is 0.269 e. The first-order valence-corrected chi connectivity index (χ1v) is 9.62. The second-order valence-electron chi connectivity index (χ2n) is 7.94. The molecule has 8 nitrogen and oxygen atoms in total. The van der Waals surface area contributed by atoms with E-state index in [1.165, 1.54) is 24.5 Å². The zero-order valence-corrected chi connectivity index (χ0v) is 16.5. The van der Waals surface area contributed by atoms with Crippen LogP contribution in [0.1, 0.15) is 46.7 Å². The van der Waals surface area contributed by atoms with Gasteiger partial charge in [-0.15, -0.1) is 0 Å². The monoisotopic (exact) mass is 432 g/mol. The highest BCUT2D eigenvalue weighted by Gasteiger charge is 2.68. The molecule has 0 aliphatic heterocycles. The van der Waals surface area contributed by atoms with Crippen molar-refractivity contribution in [3.63, 3.8) is 0 Å². The number of benzene rings is 1. The van der Waals surface area contributed by atoms with E-state index in [2.05, 4.69) is 15.3 Å². The Morgan fingerprint density at radius 2 is 1.83 bits per heavy atom. The Hall–Kier alpha value is -3.07. The molecule has 2 bridgehead atoms. The minimum atomic E-state index is -0.798. The molecule has 0 unspecified atom stereocenters. The molecule has 1 aromatic heterocycles. The summed E-state index contributed by atoms with van der Waals surface area (Å²) in [6.07, 6.45) is 4.82. The largest absolute Gasteiger partial charge is 0.484 e. The van der Waals surface area contributed by atoms with Gasteiger partial charge in [-0.05, 0) is 36.8 Å². The molecule has 0 radical (unpaired) electrons. The zero-order chi connectivity index (χ0) is 21.5. The van der Waals surface area contributed by atoms with Crippen molar-refractivity contribution in [1.29, 1.82) is 0 Å². The van der Waals surface area contributed by atoms with Crippen LogP contribution in [-0.2, 0) is 4.79 Å². The highest BCUT2D eigenvalue weighted by Crippen LogP contribution is 2.69. The van der Waals surface area contributed by atoms with Crippen LogP contribution < -0.4 is 15.8 Å². The Balaban J connectivity index is 1.27. The predicted molar refractivity (Wildman–Crippen MR) is 104 cm³/mol. The van der Waals surface area contributed by atoms with Gasteiger partial charge in [0.2, 0.25) is 0 Å². The van der Waals surface area contributed by atoms with E-state index in [0.717, 1.165) is 6.07 Å². The molecule has 0 spiro atoms. The van der Waals surface area contributed by atoms with Crippen molar-refractivity contribution in [3.8, 4) is 5.75 Å². The number of nitrogens with zero attached hydrogens (tertiary/aromatic N) is 2. The average molecular weight is 433 g/mol. The third kappa shape index (κ3) is 3.72. The van der Waals surface area contributed by atoms with Crippen molar-refractivity contribution < 1.29 is 23.5 Å². The van der Waals surface area contributed by atoms with Crippen LogP contribution in [0.15, 0.2) is 30.6 Å². The van der Waals surface area contributed by atoms with E-state index in [4.69, 9.17) is 22.1 Å². The lowest BCUT2D eigenvalue weighted by Gasteiger charge is -2.70. The molecule has 0 atom stereocenters. The maximum absolute atomic E-state index is 13.4. The van der Waals surface area contributed by atoms with Gasteiger partial charge in [0, 0.05) is 30.4 Å². The Bertz CT molecular complexity index is 1040. The number of Topliss-reactive ketones (excluding diaryl/α,β-unsaturated/α-hetero) is 1. The summed E-state index contributed by atoms with van der Waals surface area (Å²) in [6, 6.07) is 3.95. The van der Waals surface area contributed by atoms with E-state index in [0.29, 0.717) is 19.3 Å². The van der Waals surface area contributed by atoms with Crippen molar-refractivity contribution >= 4 is 29.2 Å². The van der Waals surface area contributed by atoms with Crippen LogP contribution in [0.2, 0.25) is 5.02 Å². The lowest BCUT2D eigenvalue weighted by atomic mass is 9.38. The SMILES string of the molecule is NC(=O)c1nccnc1C(=O)CC12CC(NC(=O)COc3ccc(Cl)c(F)c3)(C1)C2. The van der Waals surface area contributed by atoms with E-state index in [1.54, 1.807) is 0 Å². The highest BCUT2D eigenvalue weighted by atomic mass is 35.5. The van der Waals surface area contributed by atoms with E-state index in [9.17, 15) is 18.8 Å². The van der Waals surface area contributed by atoms with Gasteiger partial charge in [0.05, 0.1) is 5.02 Å². The third-order valence-corrected chi connectivity index (χ3v) is 5.84. The molecule has 3 saturated carbocycles. The summed E-state index contributed by atoms with van der Waals surface area (Å²) in [5.41, 5.74) is 4.55. The lowest BCUT2D eigenvalue weighted by Crippen LogP contribution is -2.75. The van der Waals surface area contributed by atoms with E-state index >= 15 is 0 Å². The molecule has 3 aliphatic carbocycles.